The van der Waals surface area contributed by atoms with Crippen LogP contribution in [0.2, 0.25) is 0 Å². The van der Waals surface area contributed by atoms with Gasteiger partial charge >= 0.3 is 224 Å². The fraction of sp³-hybridized carbons (Fsp3) is 0.278. The zero-order valence-corrected chi connectivity index (χ0v) is 29.9. The fourth-order valence-electron chi connectivity index (χ4n) is 5.92. The number of aliphatic imine (C=N–C) groups is 1. The van der Waals surface area contributed by atoms with E-state index in [0.29, 0.717) is 5.96 Å². The standard InChI is InChI=1S/C36H43IN5OP.ClH/c1-42(2)36-40-34(39-35(38)41-36)29-23-25-30(26-24-29)43-27-15-4-3-5-16-28-44(37,31-17-9-6-10-18-31,32-19-11-7-12-20-32)33-21-13-8-14-22-33;/h6-14,17-26,34H,3-5,15-16,27-28H2,1-2H3,(H3,38,39,40,41);1H. The first-order valence-corrected chi connectivity index (χ1v) is 20.6. The predicted molar refractivity (Wildman–Crippen MR) is 197 cm³/mol. The van der Waals surface area contributed by atoms with Gasteiger partial charge in [-0.1, -0.05) is 0 Å². The van der Waals surface area contributed by atoms with Crippen LogP contribution in [0.5, 0.6) is 5.75 Å². The van der Waals surface area contributed by atoms with Gasteiger partial charge in [-0.3, -0.25) is 9.89 Å². The second kappa shape index (κ2) is 15.9. The molecule has 5 rings (SSSR count). The number of rotatable bonds is 13. The molecule has 238 valence electrons. The minimum absolute atomic E-state index is 0. The van der Waals surface area contributed by atoms with Crippen molar-refractivity contribution >= 4 is 54.1 Å². The maximum Gasteiger partial charge on any atom is -0.251 e. The summed E-state index contributed by atoms with van der Waals surface area (Å²) in [6.45, 7) is 0.721. The van der Waals surface area contributed by atoms with Gasteiger partial charge < -0.3 is 18.1 Å². The summed E-state index contributed by atoms with van der Waals surface area (Å²) in [7, 11) is 3.91. The second-order valence-electron chi connectivity index (χ2n) is 11.5. The van der Waals surface area contributed by atoms with E-state index in [2.05, 4.69) is 129 Å². The topological polar surface area (TPSA) is 74.7 Å². The van der Waals surface area contributed by atoms with E-state index in [4.69, 9.17) is 10.5 Å². The van der Waals surface area contributed by atoms with Crippen molar-refractivity contribution in [2.45, 2.75) is 38.3 Å². The average molecular weight is 756 g/mol. The van der Waals surface area contributed by atoms with Crippen molar-refractivity contribution in [2.75, 3.05) is 26.9 Å². The molecular weight excluding hydrogens is 712 g/mol. The van der Waals surface area contributed by atoms with Gasteiger partial charge in [0.15, 0.2) is 6.17 Å². The summed E-state index contributed by atoms with van der Waals surface area (Å²) in [6.07, 6.45) is 6.74. The maximum atomic E-state index is 6.08. The first-order valence-electron chi connectivity index (χ1n) is 15.4. The summed E-state index contributed by atoms with van der Waals surface area (Å²) >= 11 is 2.89. The molecule has 45 heavy (non-hydrogen) atoms. The number of ether oxygens (including phenoxy) is 1. The molecule has 4 aromatic carbocycles. The quantitative estimate of drug-likeness (QED) is 0.0850. The zero-order chi connectivity index (χ0) is 30.9. The van der Waals surface area contributed by atoms with Crippen molar-refractivity contribution in [3.63, 3.8) is 0 Å². The number of nitrogens with zero attached hydrogens (tertiary/aromatic N) is 2. The summed E-state index contributed by atoms with van der Waals surface area (Å²) in [5, 5.41) is 10.8. The van der Waals surface area contributed by atoms with Gasteiger partial charge in [0.2, 0.25) is 0 Å². The largest absolute Gasteiger partial charge is 1.00 e. The van der Waals surface area contributed by atoms with Gasteiger partial charge in [0.25, 0.3) is 5.96 Å². The fourth-order valence-corrected chi connectivity index (χ4v) is 14.7. The number of hydrogen-bond acceptors (Lipinski definition) is 3. The molecule has 0 spiro atoms. The molecule has 1 aliphatic heterocycles. The molecule has 0 bridgehead atoms. The van der Waals surface area contributed by atoms with E-state index in [9.17, 15) is 0 Å². The smallest absolute Gasteiger partial charge is 0.251 e. The predicted octanol–water partition coefficient (Wildman–Crippen LogP) is 3.03. The molecule has 0 aromatic heterocycles. The summed E-state index contributed by atoms with van der Waals surface area (Å²) < 4.78 is 5.35. The third-order valence-corrected chi connectivity index (χ3v) is 20.0. The van der Waals surface area contributed by atoms with Gasteiger partial charge in [-0.2, -0.15) is 4.99 Å². The Morgan fingerprint density at radius 1 is 0.733 bits per heavy atom. The number of unbranched alkanes of at least 4 members (excludes halogenated alkanes) is 4. The Balaban J connectivity index is 0.00000461. The van der Waals surface area contributed by atoms with E-state index in [1.807, 2.05) is 42.9 Å². The number of halogens is 2. The Hall–Kier alpha value is -3.13. The number of hydrogen-bond donors (Lipinski definition) is 3. The van der Waals surface area contributed by atoms with E-state index >= 15 is 0 Å². The molecule has 6 nitrogen and oxygen atoms in total. The molecule has 0 saturated heterocycles. The Morgan fingerprint density at radius 2 is 1.22 bits per heavy atom. The van der Waals surface area contributed by atoms with E-state index < -0.39 is 4.25 Å². The summed E-state index contributed by atoms with van der Waals surface area (Å²) in [5.74, 6) is 2.11. The molecule has 9 heteroatoms. The second-order valence-corrected chi connectivity index (χ2v) is 22.3. The molecule has 4 aromatic rings. The molecule has 1 atom stereocenters. The van der Waals surface area contributed by atoms with Crippen LogP contribution in [0.3, 0.4) is 0 Å². The van der Waals surface area contributed by atoms with Gasteiger partial charge in [-0.05, 0) is 0 Å². The van der Waals surface area contributed by atoms with Gasteiger partial charge in [-0.25, -0.2) is 5.32 Å². The Kier molecular flexibility index (Phi) is 12.3. The SMILES string of the molecule is C[N+](C)=C1NC(N)=NC(c2ccc(OCCCCCCCP(I)(c3ccccc3)(c3ccccc3)c3ccccc3)cc2)N1.[Cl-]. The normalized spacial score (nSPS) is 15.4. The molecule has 1 unspecified atom stereocenters. The molecule has 0 aliphatic carbocycles. The first kappa shape index (κ1) is 34.7. The van der Waals surface area contributed by atoms with Crippen molar-refractivity contribution in [2.24, 2.45) is 10.7 Å². The number of guanidine groups is 2. The van der Waals surface area contributed by atoms with Gasteiger partial charge in [-0.15, -0.1) is 0 Å². The molecule has 0 fully saturated rings. The maximum absolute atomic E-state index is 6.08. The summed E-state index contributed by atoms with van der Waals surface area (Å²) in [6, 6.07) is 41.8. The minimum Gasteiger partial charge on any atom is -1.00 e. The average Bonchev–Trinajstić information content (AvgIpc) is 3.07. The van der Waals surface area contributed by atoms with Crippen LogP contribution in [0.25, 0.3) is 0 Å². The third-order valence-electron chi connectivity index (χ3n) is 8.31. The Labute approximate surface area is 287 Å². The first-order chi connectivity index (χ1) is 21.4. The van der Waals surface area contributed by atoms with Crippen LogP contribution >= 0.6 is 26.3 Å². The number of benzene rings is 4. The van der Waals surface area contributed by atoms with E-state index in [0.717, 1.165) is 42.9 Å². The van der Waals surface area contributed by atoms with Crippen molar-refractivity contribution in [1.29, 1.82) is 0 Å². The molecule has 0 saturated carbocycles. The third kappa shape index (κ3) is 8.00. The zero-order valence-electron chi connectivity index (χ0n) is 26.1. The van der Waals surface area contributed by atoms with Gasteiger partial charge in [0.1, 0.15) is 0 Å². The van der Waals surface area contributed by atoms with Gasteiger partial charge in [0, 0.05) is 0 Å². The number of nitrogens with two attached hydrogens (primary N) is 1. The number of nitrogens with one attached hydrogen (secondary N) is 2. The molecule has 0 radical (unpaired) electrons. The Morgan fingerprint density at radius 3 is 1.73 bits per heavy atom. The molecular formula is C36H44ClIN5OP. The van der Waals surface area contributed by atoms with Crippen molar-refractivity contribution < 1.29 is 21.7 Å². The summed E-state index contributed by atoms with van der Waals surface area (Å²) in [4.78, 5) is 4.48. The van der Waals surface area contributed by atoms with Crippen LogP contribution in [-0.2, 0) is 0 Å². The van der Waals surface area contributed by atoms with E-state index in [1.54, 1.807) is 0 Å². The molecule has 0 amide bonds. The van der Waals surface area contributed by atoms with Gasteiger partial charge in [0.05, 0.1) is 14.1 Å². The minimum atomic E-state index is -2.67. The van der Waals surface area contributed by atoms with Crippen LogP contribution in [0.1, 0.15) is 43.8 Å². The van der Waals surface area contributed by atoms with Crippen LogP contribution in [0.4, 0.5) is 0 Å². The molecule has 1 heterocycles. The van der Waals surface area contributed by atoms with Crippen LogP contribution < -0.4 is 49.4 Å². The van der Waals surface area contributed by atoms with Crippen molar-refractivity contribution in [1.82, 2.24) is 10.6 Å². The van der Waals surface area contributed by atoms with Crippen LogP contribution in [0.15, 0.2) is 120 Å². The van der Waals surface area contributed by atoms with Crippen molar-refractivity contribution in [3.8, 4) is 5.75 Å². The van der Waals surface area contributed by atoms with Crippen LogP contribution in [-0.4, -0.2) is 43.4 Å². The van der Waals surface area contributed by atoms with E-state index in [-0.39, 0.29) is 18.6 Å². The Bertz CT molecular complexity index is 1470. The summed E-state index contributed by atoms with van der Waals surface area (Å²) in [5.41, 5.74) is 7.02. The van der Waals surface area contributed by atoms with E-state index in [1.165, 1.54) is 35.2 Å². The monoisotopic (exact) mass is 755 g/mol. The van der Waals surface area contributed by atoms with Crippen molar-refractivity contribution in [3.05, 3.63) is 121 Å². The van der Waals surface area contributed by atoms with Crippen LogP contribution in [0, 0.1) is 0 Å². The molecule has 1 aliphatic rings. The molecule has 4 N–H and O–H groups in total.